The SMILES string of the molecule is CC(C)[C@H](NC(=O)c1ccc(Cl)cc1Cl)C(=O)O[C@H](C)C(=O)NC(N)=O. The van der Waals surface area contributed by atoms with E-state index in [-0.39, 0.29) is 16.5 Å². The lowest BCUT2D eigenvalue weighted by Crippen LogP contribution is -2.48. The minimum absolute atomic E-state index is 0.125. The summed E-state index contributed by atoms with van der Waals surface area (Å²) in [6.45, 7) is 4.64. The van der Waals surface area contributed by atoms with Gasteiger partial charge in [-0.2, -0.15) is 0 Å². The number of hydrogen-bond acceptors (Lipinski definition) is 5. The highest BCUT2D eigenvalue weighted by Crippen LogP contribution is 2.21. The highest BCUT2D eigenvalue weighted by atomic mass is 35.5. The first kappa shape index (κ1) is 21.7. The lowest BCUT2D eigenvalue weighted by molar-refractivity contribution is -0.157. The second-order valence-corrected chi connectivity index (χ2v) is 6.60. The molecule has 0 fully saturated rings. The molecule has 4 N–H and O–H groups in total. The quantitative estimate of drug-likeness (QED) is 0.624. The molecule has 2 atom stereocenters. The Morgan fingerprint density at radius 2 is 1.73 bits per heavy atom. The summed E-state index contributed by atoms with van der Waals surface area (Å²) in [7, 11) is 0. The van der Waals surface area contributed by atoms with Crippen molar-refractivity contribution in [1.82, 2.24) is 10.6 Å². The van der Waals surface area contributed by atoms with E-state index in [1.165, 1.54) is 25.1 Å². The smallest absolute Gasteiger partial charge is 0.329 e. The third-order valence-electron chi connectivity index (χ3n) is 3.29. The number of rotatable bonds is 6. The molecule has 0 unspecified atom stereocenters. The van der Waals surface area contributed by atoms with Crippen LogP contribution in [0, 0.1) is 5.92 Å². The molecule has 0 saturated carbocycles. The largest absolute Gasteiger partial charge is 0.451 e. The number of carbonyl (C=O) groups excluding carboxylic acids is 4. The number of primary amides is 1. The minimum Gasteiger partial charge on any atom is -0.451 e. The normalized spacial score (nSPS) is 12.8. The lowest BCUT2D eigenvalue weighted by Gasteiger charge is -2.23. The van der Waals surface area contributed by atoms with Gasteiger partial charge in [0.2, 0.25) is 0 Å². The van der Waals surface area contributed by atoms with Crippen LogP contribution in [-0.2, 0) is 14.3 Å². The van der Waals surface area contributed by atoms with Gasteiger partial charge in [-0.05, 0) is 31.0 Å². The zero-order valence-corrected chi connectivity index (χ0v) is 15.9. The number of carbonyl (C=O) groups is 4. The molecule has 4 amide bonds. The molecular weight excluding hydrogens is 385 g/mol. The summed E-state index contributed by atoms with van der Waals surface area (Å²) in [6.07, 6.45) is -1.27. The lowest BCUT2D eigenvalue weighted by atomic mass is 10.0. The zero-order chi connectivity index (χ0) is 20.0. The molecule has 1 aromatic rings. The van der Waals surface area contributed by atoms with Crippen molar-refractivity contribution < 1.29 is 23.9 Å². The van der Waals surface area contributed by atoms with E-state index in [0.717, 1.165) is 0 Å². The molecule has 0 aliphatic rings. The van der Waals surface area contributed by atoms with Crippen molar-refractivity contribution in [3.05, 3.63) is 33.8 Å². The highest BCUT2D eigenvalue weighted by Gasteiger charge is 2.30. The van der Waals surface area contributed by atoms with Crippen molar-refractivity contribution >= 4 is 47.0 Å². The Morgan fingerprint density at radius 3 is 2.23 bits per heavy atom. The van der Waals surface area contributed by atoms with Crippen LogP contribution in [0.15, 0.2) is 18.2 Å². The van der Waals surface area contributed by atoms with E-state index in [1.54, 1.807) is 19.2 Å². The Kier molecular flexibility index (Phi) is 7.85. The van der Waals surface area contributed by atoms with E-state index in [1.807, 2.05) is 0 Å². The van der Waals surface area contributed by atoms with Gasteiger partial charge in [-0.1, -0.05) is 37.0 Å². The summed E-state index contributed by atoms with van der Waals surface area (Å²) in [5.74, 6) is -2.66. The van der Waals surface area contributed by atoms with Gasteiger partial charge in [0.1, 0.15) is 6.04 Å². The van der Waals surface area contributed by atoms with Crippen LogP contribution in [0.25, 0.3) is 0 Å². The molecule has 1 aromatic carbocycles. The second kappa shape index (κ2) is 9.40. The molecule has 0 aliphatic carbocycles. The van der Waals surface area contributed by atoms with E-state index in [4.69, 9.17) is 33.7 Å². The monoisotopic (exact) mass is 403 g/mol. The van der Waals surface area contributed by atoms with Crippen LogP contribution in [-0.4, -0.2) is 36.0 Å². The summed E-state index contributed by atoms with van der Waals surface area (Å²) in [4.78, 5) is 46.9. The van der Waals surface area contributed by atoms with Gasteiger partial charge >= 0.3 is 12.0 Å². The van der Waals surface area contributed by atoms with Crippen molar-refractivity contribution in [2.45, 2.75) is 32.9 Å². The Labute approximate surface area is 160 Å². The maximum atomic E-state index is 12.4. The van der Waals surface area contributed by atoms with E-state index in [2.05, 4.69) is 5.32 Å². The molecule has 1 rings (SSSR count). The van der Waals surface area contributed by atoms with E-state index in [9.17, 15) is 19.2 Å². The van der Waals surface area contributed by atoms with Gasteiger partial charge in [-0.25, -0.2) is 9.59 Å². The van der Waals surface area contributed by atoms with Crippen LogP contribution in [0.4, 0.5) is 4.79 Å². The number of amides is 4. The summed E-state index contributed by atoms with van der Waals surface area (Å²) < 4.78 is 5.00. The topological polar surface area (TPSA) is 128 Å². The molecule has 0 bridgehead atoms. The standard InChI is InChI=1S/C16H19Cl2N3O5/c1-7(2)12(15(24)26-8(3)13(22)21-16(19)25)20-14(23)10-5-4-9(17)6-11(10)18/h4-8,12H,1-3H3,(H,20,23)(H3,19,21,22,25)/t8-,12+/m1/s1. The molecule has 0 spiro atoms. The third-order valence-corrected chi connectivity index (χ3v) is 3.84. The van der Waals surface area contributed by atoms with Crippen LogP contribution < -0.4 is 16.4 Å². The highest BCUT2D eigenvalue weighted by molar-refractivity contribution is 6.36. The molecule has 26 heavy (non-hydrogen) atoms. The Bertz CT molecular complexity index is 724. The zero-order valence-electron chi connectivity index (χ0n) is 14.3. The molecule has 0 heterocycles. The fraction of sp³-hybridized carbons (Fsp3) is 0.375. The summed E-state index contributed by atoms with van der Waals surface area (Å²) in [5, 5.41) is 4.80. The Hall–Kier alpha value is -2.32. The molecule has 8 nitrogen and oxygen atoms in total. The van der Waals surface area contributed by atoms with Crippen LogP contribution in [0.2, 0.25) is 10.0 Å². The predicted octanol–water partition coefficient (Wildman–Crippen LogP) is 1.87. The number of esters is 1. The summed E-state index contributed by atoms with van der Waals surface area (Å²) in [6, 6.07) is 2.20. The number of ether oxygens (including phenoxy) is 1. The average molecular weight is 404 g/mol. The van der Waals surface area contributed by atoms with Crippen molar-refractivity contribution in [3.8, 4) is 0 Å². The second-order valence-electron chi connectivity index (χ2n) is 5.75. The minimum atomic E-state index is -1.27. The van der Waals surface area contributed by atoms with Gasteiger partial charge in [0.05, 0.1) is 10.6 Å². The van der Waals surface area contributed by atoms with E-state index in [0.29, 0.717) is 5.02 Å². The molecule has 0 aromatic heterocycles. The van der Waals surface area contributed by atoms with Gasteiger partial charge in [0.25, 0.3) is 11.8 Å². The molecule has 0 saturated heterocycles. The van der Waals surface area contributed by atoms with Crippen LogP contribution in [0.3, 0.4) is 0 Å². The number of halogens is 2. The molecule has 142 valence electrons. The first-order valence-corrected chi connectivity index (χ1v) is 8.35. The molecule has 10 heteroatoms. The van der Waals surface area contributed by atoms with Crippen molar-refractivity contribution in [1.29, 1.82) is 0 Å². The number of imide groups is 1. The number of urea groups is 1. The first-order chi connectivity index (χ1) is 12.0. The van der Waals surface area contributed by atoms with Crippen molar-refractivity contribution in [2.75, 3.05) is 0 Å². The predicted molar refractivity (Wildman–Crippen MR) is 95.8 cm³/mol. The van der Waals surface area contributed by atoms with Crippen LogP contribution in [0.5, 0.6) is 0 Å². The van der Waals surface area contributed by atoms with Crippen LogP contribution in [0.1, 0.15) is 31.1 Å². The van der Waals surface area contributed by atoms with Gasteiger partial charge < -0.3 is 15.8 Å². The number of hydrogen-bond donors (Lipinski definition) is 3. The Morgan fingerprint density at radius 1 is 1.12 bits per heavy atom. The number of nitrogens with one attached hydrogen (secondary N) is 2. The van der Waals surface area contributed by atoms with Gasteiger partial charge in [-0.15, -0.1) is 0 Å². The van der Waals surface area contributed by atoms with Crippen LogP contribution >= 0.6 is 23.2 Å². The van der Waals surface area contributed by atoms with E-state index >= 15 is 0 Å². The summed E-state index contributed by atoms with van der Waals surface area (Å²) >= 11 is 11.8. The van der Waals surface area contributed by atoms with Crippen molar-refractivity contribution in [3.63, 3.8) is 0 Å². The maximum absolute atomic E-state index is 12.4. The Balaban J connectivity index is 2.84. The van der Waals surface area contributed by atoms with Gasteiger partial charge in [0, 0.05) is 5.02 Å². The molecule has 0 aliphatic heterocycles. The van der Waals surface area contributed by atoms with Gasteiger partial charge in [0.15, 0.2) is 6.10 Å². The third kappa shape index (κ3) is 6.20. The average Bonchev–Trinajstić information content (AvgIpc) is 2.51. The maximum Gasteiger partial charge on any atom is 0.329 e. The fourth-order valence-corrected chi connectivity index (χ4v) is 2.41. The molecular formula is C16H19Cl2N3O5. The fourth-order valence-electron chi connectivity index (χ4n) is 1.91. The number of benzene rings is 1. The molecule has 0 radical (unpaired) electrons. The first-order valence-electron chi connectivity index (χ1n) is 7.59. The van der Waals surface area contributed by atoms with Crippen molar-refractivity contribution in [2.24, 2.45) is 11.7 Å². The summed E-state index contributed by atoms with van der Waals surface area (Å²) in [5.41, 5.74) is 4.97. The number of nitrogens with two attached hydrogens (primary N) is 1. The van der Waals surface area contributed by atoms with Gasteiger partial charge in [-0.3, -0.25) is 14.9 Å². The van der Waals surface area contributed by atoms with E-state index < -0.39 is 36.0 Å².